The average molecular weight is 286 g/mol. The molecule has 110 valence electrons. The first-order valence-corrected chi connectivity index (χ1v) is 6.91. The Kier molecular flexibility index (Phi) is 3.60. The maximum absolute atomic E-state index is 9.38. The van der Waals surface area contributed by atoms with Gasteiger partial charge in [0.05, 0.1) is 14.2 Å². The maximum atomic E-state index is 9.38. The summed E-state index contributed by atoms with van der Waals surface area (Å²) < 4.78 is 16.8. The van der Waals surface area contributed by atoms with Crippen molar-refractivity contribution in [2.45, 2.75) is 18.9 Å². The van der Waals surface area contributed by atoms with Crippen LogP contribution in [0, 0.1) is 0 Å². The average Bonchev–Trinajstić information content (AvgIpc) is 2.53. The molecule has 0 unspecified atom stereocenters. The van der Waals surface area contributed by atoms with Gasteiger partial charge in [0, 0.05) is 17.7 Å². The van der Waals surface area contributed by atoms with Crippen LogP contribution in [0.15, 0.2) is 36.4 Å². The number of benzene rings is 2. The molecule has 2 aromatic rings. The SMILES string of the molecule is COc1cc(OC)c2c(c1)O[C@@H](c1ccc(O)cc1)CC2. The summed E-state index contributed by atoms with van der Waals surface area (Å²) >= 11 is 0. The van der Waals surface area contributed by atoms with E-state index in [9.17, 15) is 5.11 Å². The molecular weight excluding hydrogens is 268 g/mol. The normalized spacial score (nSPS) is 16.8. The summed E-state index contributed by atoms with van der Waals surface area (Å²) in [5, 5.41) is 9.38. The fourth-order valence-corrected chi connectivity index (χ4v) is 2.66. The van der Waals surface area contributed by atoms with Gasteiger partial charge in [-0.3, -0.25) is 0 Å². The van der Waals surface area contributed by atoms with Crippen molar-refractivity contribution in [3.05, 3.63) is 47.5 Å². The molecular formula is C17H18O4. The number of hydrogen-bond donors (Lipinski definition) is 1. The van der Waals surface area contributed by atoms with Crippen molar-refractivity contribution in [3.8, 4) is 23.0 Å². The molecule has 0 saturated heterocycles. The highest BCUT2D eigenvalue weighted by Gasteiger charge is 2.25. The van der Waals surface area contributed by atoms with Crippen LogP contribution in [0.25, 0.3) is 0 Å². The summed E-state index contributed by atoms with van der Waals surface area (Å²) in [5.41, 5.74) is 2.13. The topological polar surface area (TPSA) is 47.9 Å². The molecule has 2 aromatic carbocycles. The maximum Gasteiger partial charge on any atom is 0.130 e. The Hall–Kier alpha value is -2.36. The fraction of sp³-hybridized carbons (Fsp3) is 0.294. The largest absolute Gasteiger partial charge is 0.508 e. The summed E-state index contributed by atoms with van der Waals surface area (Å²) in [6, 6.07) is 10.9. The molecule has 1 aliphatic rings. The molecule has 4 heteroatoms. The molecule has 0 amide bonds. The predicted molar refractivity (Wildman–Crippen MR) is 79.3 cm³/mol. The Labute approximate surface area is 123 Å². The predicted octanol–water partition coefficient (Wildman–Crippen LogP) is 3.48. The number of rotatable bonds is 3. The van der Waals surface area contributed by atoms with Crippen molar-refractivity contribution in [1.82, 2.24) is 0 Å². The van der Waals surface area contributed by atoms with Crippen LogP contribution in [0.4, 0.5) is 0 Å². The van der Waals surface area contributed by atoms with E-state index in [2.05, 4.69) is 0 Å². The summed E-state index contributed by atoms with van der Waals surface area (Å²) in [6.07, 6.45) is 1.74. The first-order chi connectivity index (χ1) is 10.2. The smallest absolute Gasteiger partial charge is 0.130 e. The third-order valence-corrected chi connectivity index (χ3v) is 3.79. The first kappa shape index (κ1) is 13.6. The number of phenols is 1. The zero-order valence-corrected chi connectivity index (χ0v) is 12.1. The van der Waals surface area contributed by atoms with E-state index in [4.69, 9.17) is 14.2 Å². The zero-order valence-electron chi connectivity index (χ0n) is 12.1. The van der Waals surface area contributed by atoms with Crippen LogP contribution < -0.4 is 14.2 Å². The van der Waals surface area contributed by atoms with Crippen molar-refractivity contribution in [1.29, 1.82) is 0 Å². The number of aromatic hydroxyl groups is 1. The number of hydrogen-bond acceptors (Lipinski definition) is 4. The van der Waals surface area contributed by atoms with Gasteiger partial charge in [-0.2, -0.15) is 0 Å². The number of methoxy groups -OCH3 is 2. The van der Waals surface area contributed by atoms with Gasteiger partial charge in [0.25, 0.3) is 0 Å². The van der Waals surface area contributed by atoms with Gasteiger partial charge < -0.3 is 19.3 Å². The molecule has 0 spiro atoms. The van der Waals surface area contributed by atoms with E-state index < -0.39 is 0 Å². The van der Waals surface area contributed by atoms with Crippen molar-refractivity contribution in [2.75, 3.05) is 14.2 Å². The van der Waals surface area contributed by atoms with Crippen molar-refractivity contribution >= 4 is 0 Å². The zero-order chi connectivity index (χ0) is 14.8. The van der Waals surface area contributed by atoms with Crippen LogP contribution in [0.2, 0.25) is 0 Å². The second-order valence-corrected chi connectivity index (χ2v) is 5.04. The van der Waals surface area contributed by atoms with Crippen LogP contribution in [0.1, 0.15) is 23.7 Å². The number of phenolic OH excluding ortho intramolecular Hbond substituents is 1. The van der Waals surface area contributed by atoms with Crippen molar-refractivity contribution < 1.29 is 19.3 Å². The van der Waals surface area contributed by atoms with Crippen LogP contribution in [-0.2, 0) is 6.42 Å². The van der Waals surface area contributed by atoms with Gasteiger partial charge >= 0.3 is 0 Å². The molecule has 1 N–H and O–H groups in total. The van der Waals surface area contributed by atoms with Gasteiger partial charge in [0.1, 0.15) is 29.1 Å². The molecule has 0 aliphatic carbocycles. The molecule has 21 heavy (non-hydrogen) atoms. The Balaban J connectivity index is 1.92. The Morgan fingerprint density at radius 2 is 1.86 bits per heavy atom. The summed E-state index contributed by atoms with van der Waals surface area (Å²) in [5.74, 6) is 2.58. The Morgan fingerprint density at radius 1 is 1.10 bits per heavy atom. The van der Waals surface area contributed by atoms with Crippen molar-refractivity contribution in [2.24, 2.45) is 0 Å². The van der Waals surface area contributed by atoms with Crippen molar-refractivity contribution in [3.63, 3.8) is 0 Å². The molecule has 0 radical (unpaired) electrons. The highest BCUT2D eigenvalue weighted by atomic mass is 16.5. The van der Waals surface area contributed by atoms with Crippen LogP contribution >= 0.6 is 0 Å². The van der Waals surface area contributed by atoms with Gasteiger partial charge in [-0.25, -0.2) is 0 Å². The lowest BCUT2D eigenvalue weighted by Gasteiger charge is -2.28. The van der Waals surface area contributed by atoms with Gasteiger partial charge in [-0.1, -0.05) is 12.1 Å². The van der Waals surface area contributed by atoms with E-state index in [1.807, 2.05) is 24.3 Å². The lowest BCUT2D eigenvalue weighted by molar-refractivity contribution is 0.173. The third kappa shape index (κ3) is 2.61. The molecule has 0 aromatic heterocycles. The highest BCUT2D eigenvalue weighted by molar-refractivity contribution is 5.52. The fourth-order valence-electron chi connectivity index (χ4n) is 2.66. The minimum absolute atomic E-state index is 0.0186. The second-order valence-electron chi connectivity index (χ2n) is 5.04. The molecule has 1 heterocycles. The molecule has 0 fully saturated rings. The molecule has 0 saturated carbocycles. The van der Waals surface area contributed by atoms with Crippen LogP contribution in [0.5, 0.6) is 23.0 Å². The van der Waals surface area contributed by atoms with Gasteiger partial charge in [-0.05, 0) is 30.5 Å². The van der Waals surface area contributed by atoms with Gasteiger partial charge in [-0.15, -0.1) is 0 Å². The van der Waals surface area contributed by atoms with Gasteiger partial charge in [0.2, 0.25) is 0 Å². The van der Waals surface area contributed by atoms with E-state index in [0.29, 0.717) is 0 Å². The third-order valence-electron chi connectivity index (χ3n) is 3.79. The Bertz CT molecular complexity index is 634. The summed E-state index contributed by atoms with van der Waals surface area (Å²) in [4.78, 5) is 0. The minimum atomic E-state index is -0.0186. The second kappa shape index (κ2) is 5.56. The van der Waals surface area contributed by atoms with Crippen LogP contribution in [-0.4, -0.2) is 19.3 Å². The van der Waals surface area contributed by atoms with E-state index >= 15 is 0 Å². The molecule has 3 rings (SSSR count). The lowest BCUT2D eigenvalue weighted by Crippen LogP contribution is -2.15. The summed E-state index contributed by atoms with van der Waals surface area (Å²) in [6.45, 7) is 0. The highest BCUT2D eigenvalue weighted by Crippen LogP contribution is 2.42. The Morgan fingerprint density at radius 3 is 2.52 bits per heavy atom. The van der Waals surface area contributed by atoms with E-state index in [1.54, 1.807) is 26.4 Å². The monoisotopic (exact) mass is 286 g/mol. The van der Waals surface area contributed by atoms with E-state index in [0.717, 1.165) is 41.2 Å². The minimum Gasteiger partial charge on any atom is -0.508 e. The lowest BCUT2D eigenvalue weighted by atomic mass is 9.96. The molecule has 0 bridgehead atoms. The van der Waals surface area contributed by atoms with Gasteiger partial charge in [0.15, 0.2) is 0 Å². The molecule has 1 aliphatic heterocycles. The molecule has 1 atom stereocenters. The standard InChI is InChI=1S/C17H18O4/c1-19-13-9-16(20-2)14-7-8-15(21-17(14)10-13)11-3-5-12(18)6-4-11/h3-6,9-10,15,18H,7-8H2,1-2H3/t15-/m1/s1. The first-order valence-electron chi connectivity index (χ1n) is 6.91. The van der Waals surface area contributed by atoms with Crippen LogP contribution in [0.3, 0.4) is 0 Å². The quantitative estimate of drug-likeness (QED) is 0.938. The van der Waals surface area contributed by atoms with E-state index in [-0.39, 0.29) is 11.9 Å². The molecule has 4 nitrogen and oxygen atoms in total. The van der Waals surface area contributed by atoms with E-state index in [1.165, 1.54) is 0 Å². The number of ether oxygens (including phenoxy) is 3. The number of fused-ring (bicyclic) bond motifs is 1. The summed E-state index contributed by atoms with van der Waals surface area (Å²) in [7, 11) is 3.28.